The van der Waals surface area contributed by atoms with E-state index < -0.39 is 23.4 Å². The van der Waals surface area contributed by atoms with Crippen LogP contribution in [-0.4, -0.2) is 76.6 Å². The van der Waals surface area contributed by atoms with Crippen molar-refractivity contribution in [1.29, 1.82) is 0 Å². The average molecular weight is 546 g/mol. The first-order valence-corrected chi connectivity index (χ1v) is 13.0. The van der Waals surface area contributed by atoms with Gasteiger partial charge in [-0.3, -0.25) is 4.90 Å². The van der Waals surface area contributed by atoms with Crippen molar-refractivity contribution in [2.45, 2.75) is 70.2 Å². The van der Waals surface area contributed by atoms with Gasteiger partial charge in [-0.25, -0.2) is 18.6 Å². The highest BCUT2D eigenvalue weighted by Gasteiger charge is 2.43. The number of nitrogens with one attached hydrogen (secondary N) is 2. The molecule has 0 radical (unpaired) electrons. The zero-order valence-electron chi connectivity index (χ0n) is 22.4. The minimum absolute atomic E-state index is 0.0169. The van der Waals surface area contributed by atoms with Gasteiger partial charge in [-0.15, -0.1) is 0 Å². The van der Waals surface area contributed by atoms with Gasteiger partial charge in [-0.1, -0.05) is 0 Å². The van der Waals surface area contributed by atoms with E-state index in [2.05, 4.69) is 49.8 Å². The Morgan fingerprint density at radius 1 is 1.26 bits per heavy atom. The Bertz CT molecular complexity index is 1410. The summed E-state index contributed by atoms with van der Waals surface area (Å²) >= 11 is 0. The Balaban J connectivity index is 1.42. The van der Waals surface area contributed by atoms with Crippen LogP contribution in [-0.2, 0) is 7.05 Å². The lowest BCUT2D eigenvalue weighted by Crippen LogP contribution is -2.55. The van der Waals surface area contributed by atoms with Crippen LogP contribution in [0.5, 0.6) is 5.75 Å². The number of aliphatic hydroxyl groups is 1. The number of ether oxygens (including phenoxy) is 1. The van der Waals surface area contributed by atoms with Crippen molar-refractivity contribution >= 4 is 17.5 Å². The van der Waals surface area contributed by atoms with Crippen molar-refractivity contribution in [2.24, 2.45) is 7.05 Å². The van der Waals surface area contributed by atoms with Gasteiger partial charge in [-0.2, -0.15) is 14.3 Å². The van der Waals surface area contributed by atoms with E-state index in [0.29, 0.717) is 6.04 Å². The zero-order valence-corrected chi connectivity index (χ0v) is 22.4. The van der Waals surface area contributed by atoms with Gasteiger partial charge >= 0.3 is 5.69 Å². The highest BCUT2D eigenvalue weighted by molar-refractivity contribution is 5.63. The molecule has 0 aliphatic carbocycles. The number of rotatable bonds is 8. The number of hydrogen-bond donors (Lipinski definition) is 3. The molecule has 2 aliphatic heterocycles. The summed E-state index contributed by atoms with van der Waals surface area (Å²) in [4.78, 5) is 23.3. The van der Waals surface area contributed by atoms with Crippen LogP contribution in [0.1, 0.15) is 46.5 Å². The Kier molecular flexibility index (Phi) is 7.25. The molecule has 0 spiro atoms. The van der Waals surface area contributed by atoms with E-state index in [0.717, 1.165) is 53.9 Å². The van der Waals surface area contributed by atoms with Gasteiger partial charge in [0.05, 0.1) is 18.5 Å². The summed E-state index contributed by atoms with van der Waals surface area (Å²) < 4.78 is 37.5. The molecule has 14 heteroatoms. The van der Waals surface area contributed by atoms with E-state index in [-0.39, 0.29) is 47.1 Å². The summed E-state index contributed by atoms with van der Waals surface area (Å²) in [6, 6.07) is 2.82. The summed E-state index contributed by atoms with van der Waals surface area (Å²) in [7, 11) is 1.42. The summed E-state index contributed by atoms with van der Waals surface area (Å²) in [6.45, 7) is 6.76. The molecule has 0 bridgehead atoms. The van der Waals surface area contributed by atoms with Crippen LogP contribution >= 0.6 is 0 Å². The molecule has 3 aromatic rings. The van der Waals surface area contributed by atoms with Crippen molar-refractivity contribution in [3.05, 3.63) is 40.4 Å². The molecule has 2 aromatic heterocycles. The predicted molar refractivity (Wildman–Crippen MR) is 139 cm³/mol. The largest absolute Gasteiger partial charge is 0.486 e. The summed E-state index contributed by atoms with van der Waals surface area (Å²) in [6.07, 6.45) is 4.34. The van der Waals surface area contributed by atoms with Crippen molar-refractivity contribution in [3.8, 4) is 11.4 Å². The quantitative estimate of drug-likeness (QED) is 0.387. The highest BCUT2D eigenvalue weighted by Crippen LogP contribution is 2.38. The Labute approximate surface area is 224 Å². The molecule has 1 aromatic carbocycles. The third-order valence-corrected chi connectivity index (χ3v) is 7.37. The monoisotopic (exact) mass is 545 g/mol. The second-order valence-electron chi connectivity index (χ2n) is 10.8. The summed E-state index contributed by atoms with van der Waals surface area (Å²) in [5.74, 6) is -1.38. The lowest BCUT2D eigenvalue weighted by molar-refractivity contribution is 0.0500. The number of benzene rings is 1. The molecule has 0 amide bonds. The van der Waals surface area contributed by atoms with E-state index in [1.165, 1.54) is 13.1 Å². The van der Waals surface area contributed by atoms with Gasteiger partial charge in [-0.05, 0) is 69.5 Å². The SMILES string of the molecule is C[C@@H](CO)Oc1cc(F)c(Nc2ncc(F)c(N[C@@H]3CC4CCCN4C(C)(C)C3)n2)cc1-n1nnn(C)c1=O. The van der Waals surface area contributed by atoms with E-state index in [9.17, 15) is 14.3 Å². The molecule has 2 fully saturated rings. The number of tetrazole rings is 1. The van der Waals surface area contributed by atoms with E-state index in [4.69, 9.17) is 4.74 Å². The minimum atomic E-state index is -0.742. The molecule has 4 heterocycles. The van der Waals surface area contributed by atoms with Crippen molar-refractivity contribution < 1.29 is 18.6 Å². The van der Waals surface area contributed by atoms with Gasteiger partial charge in [0.2, 0.25) is 5.95 Å². The minimum Gasteiger partial charge on any atom is -0.486 e. The van der Waals surface area contributed by atoms with Crippen LogP contribution in [0.15, 0.2) is 23.1 Å². The number of hydrogen-bond acceptors (Lipinski definition) is 10. The fraction of sp³-hybridized carbons (Fsp3) is 0.560. The van der Waals surface area contributed by atoms with Crippen LogP contribution < -0.4 is 21.1 Å². The van der Waals surface area contributed by atoms with Gasteiger partial charge in [0.25, 0.3) is 0 Å². The van der Waals surface area contributed by atoms with Gasteiger partial charge < -0.3 is 20.5 Å². The number of fused-ring (bicyclic) bond motifs is 1. The first kappa shape index (κ1) is 26.9. The van der Waals surface area contributed by atoms with Crippen LogP contribution in [0.25, 0.3) is 5.69 Å². The molecule has 3 N–H and O–H groups in total. The zero-order chi connectivity index (χ0) is 27.9. The maximum Gasteiger partial charge on any atom is 0.368 e. The van der Waals surface area contributed by atoms with E-state index >= 15 is 4.39 Å². The van der Waals surface area contributed by atoms with E-state index in [1.807, 2.05) is 0 Å². The smallest absolute Gasteiger partial charge is 0.368 e. The number of piperidine rings is 1. The topological polar surface area (TPSA) is 135 Å². The second kappa shape index (κ2) is 10.5. The lowest BCUT2D eigenvalue weighted by Gasteiger charge is -2.47. The third-order valence-electron chi connectivity index (χ3n) is 7.37. The van der Waals surface area contributed by atoms with Crippen LogP contribution in [0.2, 0.25) is 0 Å². The number of aromatic nitrogens is 6. The highest BCUT2D eigenvalue weighted by atomic mass is 19.1. The first-order chi connectivity index (χ1) is 18.6. The van der Waals surface area contributed by atoms with Gasteiger partial charge in [0.15, 0.2) is 17.5 Å². The lowest BCUT2D eigenvalue weighted by atomic mass is 9.84. The molecule has 12 nitrogen and oxygen atoms in total. The predicted octanol–water partition coefficient (Wildman–Crippen LogP) is 2.35. The molecule has 3 atom stereocenters. The van der Waals surface area contributed by atoms with Crippen LogP contribution in [0.4, 0.5) is 26.2 Å². The molecule has 210 valence electrons. The molecule has 0 saturated carbocycles. The van der Waals surface area contributed by atoms with Crippen LogP contribution in [0.3, 0.4) is 0 Å². The molecular formula is C25H33F2N9O3. The number of halogens is 2. The van der Waals surface area contributed by atoms with Crippen molar-refractivity contribution in [3.63, 3.8) is 0 Å². The van der Waals surface area contributed by atoms with Gasteiger partial charge in [0.1, 0.15) is 17.5 Å². The molecule has 1 unspecified atom stereocenters. The molecular weight excluding hydrogens is 512 g/mol. The first-order valence-electron chi connectivity index (χ1n) is 13.0. The average Bonchev–Trinajstić information content (AvgIpc) is 3.49. The maximum absolute atomic E-state index is 15.2. The molecule has 2 saturated heterocycles. The van der Waals surface area contributed by atoms with Crippen molar-refractivity contribution in [2.75, 3.05) is 23.8 Å². The third kappa shape index (κ3) is 5.43. The van der Waals surface area contributed by atoms with Crippen molar-refractivity contribution in [1.82, 2.24) is 34.7 Å². The summed E-state index contributed by atoms with van der Waals surface area (Å²) in [5.41, 5.74) is -0.612. The maximum atomic E-state index is 15.2. The fourth-order valence-electron chi connectivity index (χ4n) is 5.58. The fourth-order valence-corrected chi connectivity index (χ4v) is 5.58. The number of aryl methyl sites for hydroxylation is 1. The van der Waals surface area contributed by atoms with Gasteiger partial charge in [0, 0.05) is 30.7 Å². The molecule has 39 heavy (non-hydrogen) atoms. The van der Waals surface area contributed by atoms with Crippen LogP contribution in [0, 0.1) is 11.6 Å². The second-order valence-corrected chi connectivity index (χ2v) is 10.8. The van der Waals surface area contributed by atoms with E-state index in [1.54, 1.807) is 6.92 Å². The summed E-state index contributed by atoms with van der Waals surface area (Å²) in [5, 5.41) is 22.9. The number of anilines is 3. The standard InChI is InChI=1S/C25H33F2N9O3/c1-14(13-37)39-21-9-17(26)19(10-20(21)36-24(38)34(4)32-33-36)30-23-28-12-18(27)22(31-23)29-15-8-16-6-5-7-35(16)25(2,3)11-15/h9-10,12,14-16,37H,5-8,11,13H2,1-4H3,(H2,28,29,30,31)/t14-,15+,16?/m0/s1. The molecule has 2 aliphatic rings. The molecule has 5 rings (SSSR count). The normalized spacial score (nSPS) is 21.4. The Morgan fingerprint density at radius 2 is 2.05 bits per heavy atom. The Hall–Kier alpha value is -3.65. The Morgan fingerprint density at radius 3 is 2.77 bits per heavy atom. The number of nitrogens with zero attached hydrogens (tertiary/aromatic N) is 7. The number of aliphatic hydroxyl groups excluding tert-OH is 1.